The van der Waals surface area contributed by atoms with Crippen molar-refractivity contribution in [1.82, 2.24) is 10.2 Å². The Labute approximate surface area is 188 Å². The molecule has 1 atom stereocenters. The monoisotopic (exact) mass is 458 g/mol. The number of rotatable bonds is 8. The quantitative estimate of drug-likeness (QED) is 0.359. The maximum absolute atomic E-state index is 12.9. The normalized spacial score (nSPS) is 15.3. The zero-order valence-electron chi connectivity index (χ0n) is 18.4. The third-order valence-electron chi connectivity index (χ3n) is 4.68. The Bertz CT molecular complexity index is 1120. The van der Waals surface area contributed by atoms with E-state index in [1.54, 1.807) is 18.2 Å². The van der Waals surface area contributed by atoms with Crippen molar-refractivity contribution in [3.8, 4) is 11.5 Å². The van der Waals surface area contributed by atoms with Crippen molar-refractivity contribution >= 4 is 30.0 Å². The Morgan fingerprint density at radius 2 is 1.88 bits per heavy atom. The highest BCUT2D eigenvalue weighted by Gasteiger charge is 2.35. The molecule has 1 saturated heterocycles. The van der Waals surface area contributed by atoms with E-state index in [-0.39, 0.29) is 29.5 Å². The van der Waals surface area contributed by atoms with Gasteiger partial charge in [-0.05, 0) is 31.2 Å². The van der Waals surface area contributed by atoms with Crippen molar-refractivity contribution in [1.29, 1.82) is 0 Å². The third-order valence-corrected chi connectivity index (χ3v) is 4.68. The van der Waals surface area contributed by atoms with Crippen LogP contribution in [-0.2, 0) is 25.6 Å². The summed E-state index contributed by atoms with van der Waals surface area (Å²) < 4.78 is 25.6. The van der Waals surface area contributed by atoms with E-state index in [4.69, 9.17) is 13.9 Å². The molecule has 1 N–H and O–H groups in total. The van der Waals surface area contributed by atoms with Crippen molar-refractivity contribution < 1.29 is 42.5 Å². The number of hydrogen-bond acceptors (Lipinski definition) is 9. The smallest absolute Gasteiger partial charge is 0.373 e. The molecule has 0 radical (unpaired) electrons. The maximum atomic E-state index is 12.9. The number of methoxy groups -OCH3 is 3. The molecule has 0 aliphatic carbocycles. The average Bonchev–Trinajstić information content (AvgIpc) is 3.39. The van der Waals surface area contributed by atoms with Crippen LogP contribution < -0.4 is 14.8 Å². The van der Waals surface area contributed by atoms with E-state index in [0.29, 0.717) is 11.3 Å². The standard InChI is InChI=1S/C22H22N2O9/c1-12(20(26)30-3)32-18-13(6-5-7-16(18)29-2)10-15-19(25)24(22(28)23-15)11-14-8-9-17(33-14)21(27)31-4/h5-10,12H,11H2,1-4H3,(H,23,28)/b15-10-/t12-/m0/s1. The van der Waals surface area contributed by atoms with Crippen LogP contribution >= 0.6 is 0 Å². The number of esters is 2. The van der Waals surface area contributed by atoms with Gasteiger partial charge in [0, 0.05) is 5.56 Å². The molecule has 1 aromatic carbocycles. The van der Waals surface area contributed by atoms with E-state index in [0.717, 1.165) is 4.90 Å². The lowest BCUT2D eigenvalue weighted by molar-refractivity contribution is -0.148. The van der Waals surface area contributed by atoms with Crippen molar-refractivity contribution in [3.05, 3.63) is 53.1 Å². The Balaban J connectivity index is 1.86. The van der Waals surface area contributed by atoms with Gasteiger partial charge in [0.25, 0.3) is 5.91 Å². The van der Waals surface area contributed by atoms with Crippen LogP contribution in [0.1, 0.15) is 28.8 Å². The van der Waals surface area contributed by atoms with Gasteiger partial charge in [-0.2, -0.15) is 0 Å². The number of nitrogens with zero attached hydrogens (tertiary/aromatic N) is 1. The first-order valence-corrected chi connectivity index (χ1v) is 9.72. The van der Waals surface area contributed by atoms with Crippen LogP contribution in [0.25, 0.3) is 6.08 Å². The molecule has 2 heterocycles. The molecule has 1 aliphatic rings. The van der Waals surface area contributed by atoms with E-state index in [2.05, 4.69) is 14.8 Å². The molecule has 1 fully saturated rings. The maximum Gasteiger partial charge on any atom is 0.373 e. The Kier molecular flexibility index (Phi) is 7.01. The molecule has 0 bridgehead atoms. The summed E-state index contributed by atoms with van der Waals surface area (Å²) in [5.74, 6) is -1.21. The van der Waals surface area contributed by atoms with Crippen molar-refractivity contribution in [2.75, 3.05) is 21.3 Å². The number of para-hydroxylation sites is 1. The summed E-state index contributed by atoms with van der Waals surface area (Å²) >= 11 is 0. The predicted molar refractivity (Wildman–Crippen MR) is 112 cm³/mol. The molecule has 0 spiro atoms. The van der Waals surface area contributed by atoms with E-state index in [1.165, 1.54) is 46.5 Å². The fourth-order valence-electron chi connectivity index (χ4n) is 3.02. The Morgan fingerprint density at radius 3 is 2.55 bits per heavy atom. The van der Waals surface area contributed by atoms with Gasteiger partial charge in [0.15, 0.2) is 17.6 Å². The lowest BCUT2D eigenvalue weighted by atomic mass is 10.1. The second-order valence-electron chi connectivity index (χ2n) is 6.80. The van der Waals surface area contributed by atoms with Gasteiger partial charge < -0.3 is 28.7 Å². The number of ether oxygens (including phenoxy) is 4. The molecule has 1 aromatic heterocycles. The van der Waals surface area contributed by atoms with Gasteiger partial charge in [-0.3, -0.25) is 9.69 Å². The minimum Gasteiger partial charge on any atom is -0.493 e. The van der Waals surface area contributed by atoms with Gasteiger partial charge in [-0.15, -0.1) is 0 Å². The molecule has 2 aromatic rings. The molecule has 11 nitrogen and oxygen atoms in total. The first kappa shape index (κ1) is 23.4. The number of carbonyl (C=O) groups is 4. The second kappa shape index (κ2) is 9.90. The molecule has 174 valence electrons. The summed E-state index contributed by atoms with van der Waals surface area (Å²) in [4.78, 5) is 49.5. The third kappa shape index (κ3) is 4.97. The molecule has 3 amide bonds. The van der Waals surface area contributed by atoms with Crippen LogP contribution in [0.15, 0.2) is 40.4 Å². The molecule has 0 unspecified atom stereocenters. The lowest BCUT2D eigenvalue weighted by Crippen LogP contribution is -2.30. The van der Waals surface area contributed by atoms with E-state index < -0.39 is 30.0 Å². The number of nitrogens with one attached hydrogen (secondary N) is 1. The van der Waals surface area contributed by atoms with Crippen LogP contribution in [0.4, 0.5) is 4.79 Å². The topological polar surface area (TPSA) is 134 Å². The number of imide groups is 1. The molecule has 0 saturated carbocycles. The van der Waals surface area contributed by atoms with Crippen molar-refractivity contribution in [3.63, 3.8) is 0 Å². The summed E-state index contributed by atoms with van der Waals surface area (Å²) in [6, 6.07) is 7.10. The number of urea groups is 1. The zero-order valence-corrected chi connectivity index (χ0v) is 18.4. The summed E-state index contributed by atoms with van der Waals surface area (Å²) in [6.07, 6.45) is 0.459. The van der Waals surface area contributed by atoms with Crippen LogP contribution in [0.5, 0.6) is 11.5 Å². The van der Waals surface area contributed by atoms with Crippen LogP contribution in [0.3, 0.4) is 0 Å². The minimum atomic E-state index is -0.947. The fourth-order valence-corrected chi connectivity index (χ4v) is 3.02. The van der Waals surface area contributed by atoms with Gasteiger partial charge in [-0.25, -0.2) is 14.4 Å². The number of hydrogen-bond donors (Lipinski definition) is 1. The summed E-state index contributed by atoms with van der Waals surface area (Å²) in [6.45, 7) is 1.31. The molecule has 3 rings (SSSR count). The second-order valence-corrected chi connectivity index (χ2v) is 6.80. The van der Waals surface area contributed by atoms with Crippen LogP contribution in [-0.4, -0.2) is 56.2 Å². The van der Waals surface area contributed by atoms with E-state index in [1.807, 2.05) is 0 Å². The van der Waals surface area contributed by atoms with Gasteiger partial charge in [0.1, 0.15) is 11.5 Å². The molecule has 1 aliphatic heterocycles. The number of carbonyl (C=O) groups excluding carboxylic acids is 4. The summed E-state index contributed by atoms with van der Waals surface area (Å²) in [5.41, 5.74) is 0.366. The molecule has 33 heavy (non-hydrogen) atoms. The van der Waals surface area contributed by atoms with Crippen molar-refractivity contribution in [2.45, 2.75) is 19.6 Å². The summed E-state index contributed by atoms with van der Waals surface area (Å²) in [7, 11) is 3.88. The first-order valence-electron chi connectivity index (χ1n) is 9.72. The molecule has 11 heteroatoms. The minimum absolute atomic E-state index is 0.0245. The van der Waals surface area contributed by atoms with Gasteiger partial charge in [-0.1, -0.05) is 12.1 Å². The number of amides is 3. The first-order chi connectivity index (χ1) is 15.8. The van der Waals surface area contributed by atoms with Gasteiger partial charge in [0.05, 0.1) is 27.9 Å². The van der Waals surface area contributed by atoms with Crippen LogP contribution in [0.2, 0.25) is 0 Å². The number of benzene rings is 1. The Hall–Kier alpha value is -4.28. The highest BCUT2D eigenvalue weighted by atomic mass is 16.6. The largest absolute Gasteiger partial charge is 0.493 e. The zero-order chi connectivity index (χ0) is 24.1. The highest BCUT2D eigenvalue weighted by molar-refractivity contribution is 6.14. The van der Waals surface area contributed by atoms with E-state index in [9.17, 15) is 19.2 Å². The van der Waals surface area contributed by atoms with Crippen LogP contribution in [0, 0.1) is 0 Å². The number of furan rings is 1. The Morgan fingerprint density at radius 1 is 1.12 bits per heavy atom. The summed E-state index contributed by atoms with van der Waals surface area (Å²) in [5, 5.41) is 2.49. The fraction of sp³-hybridized carbons (Fsp3) is 0.273. The SMILES string of the molecule is COC(=O)c1ccc(CN2C(=O)N/C(=C\c3cccc(OC)c3O[C@@H](C)C(=O)OC)C2=O)o1. The average molecular weight is 458 g/mol. The van der Waals surface area contributed by atoms with Gasteiger partial charge >= 0.3 is 18.0 Å². The molecular formula is C22H22N2O9. The lowest BCUT2D eigenvalue weighted by Gasteiger charge is -2.17. The predicted octanol–water partition coefficient (Wildman–Crippen LogP) is 2.11. The van der Waals surface area contributed by atoms with Crippen molar-refractivity contribution in [2.24, 2.45) is 0 Å². The highest BCUT2D eigenvalue weighted by Crippen LogP contribution is 2.34. The van der Waals surface area contributed by atoms with Gasteiger partial charge in [0.2, 0.25) is 5.76 Å². The molecular weight excluding hydrogens is 436 g/mol. The van der Waals surface area contributed by atoms with E-state index >= 15 is 0 Å².